The van der Waals surface area contributed by atoms with E-state index in [2.05, 4.69) is 15.5 Å². The molecule has 8 heteroatoms. The lowest BCUT2D eigenvalue weighted by Crippen LogP contribution is -2.14. The fourth-order valence-corrected chi connectivity index (χ4v) is 2.85. The van der Waals surface area contributed by atoms with Gasteiger partial charge < -0.3 is 14.9 Å². The van der Waals surface area contributed by atoms with E-state index in [0.29, 0.717) is 28.3 Å². The van der Waals surface area contributed by atoms with Crippen LogP contribution in [0, 0.1) is 12.7 Å². The Morgan fingerprint density at radius 3 is 2.69 bits per heavy atom. The molecule has 2 aromatic heterocycles. The van der Waals surface area contributed by atoms with Crippen LogP contribution in [0.4, 0.5) is 10.1 Å². The second-order valence-corrected chi connectivity index (χ2v) is 6.27. The molecule has 2 N–H and O–H groups in total. The van der Waals surface area contributed by atoms with Gasteiger partial charge in [0, 0.05) is 17.3 Å². The van der Waals surface area contributed by atoms with Gasteiger partial charge in [-0.05, 0) is 44.0 Å². The Hall–Kier alpha value is -3.29. The zero-order chi connectivity index (χ0) is 18.4. The molecule has 1 saturated carbocycles. The highest BCUT2D eigenvalue weighted by Crippen LogP contribution is 2.40. The van der Waals surface area contributed by atoms with E-state index in [0.717, 1.165) is 30.7 Å². The van der Waals surface area contributed by atoms with E-state index in [-0.39, 0.29) is 5.69 Å². The lowest BCUT2D eigenvalue weighted by molar-refractivity contribution is 0.0692. The molecule has 3 aromatic rings. The van der Waals surface area contributed by atoms with Gasteiger partial charge in [-0.15, -0.1) is 0 Å². The standard InChI is InChI=1S/C18H14FN3O4/c1-8-15-12(7-14(9-2-3-9)21-17(15)26-22-8)16(23)20-10-4-5-11(18(24)25)13(19)6-10/h4-7,9H,2-3H2,1H3,(H,20,23)(H,24,25). The molecular formula is C18H14FN3O4. The number of aromatic nitrogens is 2. The maximum atomic E-state index is 13.8. The number of rotatable bonds is 4. The largest absolute Gasteiger partial charge is 0.478 e. The number of hydrogen-bond donors (Lipinski definition) is 2. The molecular weight excluding hydrogens is 341 g/mol. The van der Waals surface area contributed by atoms with E-state index >= 15 is 0 Å². The first-order valence-corrected chi connectivity index (χ1v) is 8.05. The molecule has 1 amide bonds. The van der Waals surface area contributed by atoms with Gasteiger partial charge >= 0.3 is 5.97 Å². The third-order valence-corrected chi connectivity index (χ3v) is 4.33. The van der Waals surface area contributed by atoms with Crippen molar-refractivity contribution in [3.8, 4) is 0 Å². The number of carbonyl (C=O) groups excluding carboxylic acids is 1. The van der Waals surface area contributed by atoms with Crippen molar-refractivity contribution in [1.29, 1.82) is 0 Å². The maximum Gasteiger partial charge on any atom is 0.338 e. The van der Waals surface area contributed by atoms with E-state index in [1.54, 1.807) is 13.0 Å². The Balaban J connectivity index is 1.71. The molecule has 0 spiro atoms. The lowest BCUT2D eigenvalue weighted by Gasteiger charge is -2.09. The highest BCUT2D eigenvalue weighted by molar-refractivity contribution is 6.12. The van der Waals surface area contributed by atoms with Gasteiger partial charge in [-0.25, -0.2) is 14.2 Å². The summed E-state index contributed by atoms with van der Waals surface area (Å²) in [6.07, 6.45) is 2.02. The van der Waals surface area contributed by atoms with Crippen LogP contribution < -0.4 is 5.32 Å². The summed E-state index contributed by atoms with van der Waals surface area (Å²) in [6, 6.07) is 5.13. The Morgan fingerprint density at radius 2 is 2.04 bits per heavy atom. The van der Waals surface area contributed by atoms with E-state index in [1.807, 2.05) is 0 Å². The normalized spacial score (nSPS) is 13.8. The SMILES string of the molecule is Cc1noc2nc(C3CC3)cc(C(=O)Nc3ccc(C(=O)O)c(F)c3)c12. The summed E-state index contributed by atoms with van der Waals surface area (Å²) in [5.74, 6) is -2.45. The van der Waals surface area contributed by atoms with E-state index in [4.69, 9.17) is 9.63 Å². The van der Waals surface area contributed by atoms with Crippen molar-refractivity contribution in [3.05, 3.63) is 52.6 Å². The first kappa shape index (κ1) is 16.2. The van der Waals surface area contributed by atoms with E-state index < -0.39 is 23.3 Å². The molecule has 0 aliphatic heterocycles. The van der Waals surface area contributed by atoms with Crippen molar-refractivity contribution < 1.29 is 23.6 Å². The molecule has 1 aromatic carbocycles. The van der Waals surface area contributed by atoms with Gasteiger partial charge in [0.15, 0.2) is 0 Å². The van der Waals surface area contributed by atoms with Crippen molar-refractivity contribution in [1.82, 2.24) is 10.1 Å². The van der Waals surface area contributed by atoms with Crippen LogP contribution in [0.3, 0.4) is 0 Å². The monoisotopic (exact) mass is 355 g/mol. The molecule has 132 valence electrons. The Labute approximate surface area is 146 Å². The summed E-state index contributed by atoms with van der Waals surface area (Å²) in [7, 11) is 0. The number of nitrogens with zero attached hydrogens (tertiary/aromatic N) is 2. The van der Waals surface area contributed by atoms with Gasteiger partial charge in [-0.1, -0.05) is 5.16 Å². The van der Waals surface area contributed by atoms with Gasteiger partial charge in [0.2, 0.25) is 0 Å². The highest BCUT2D eigenvalue weighted by Gasteiger charge is 2.28. The zero-order valence-corrected chi connectivity index (χ0v) is 13.7. The summed E-state index contributed by atoms with van der Waals surface area (Å²) < 4.78 is 19.0. The van der Waals surface area contributed by atoms with Crippen molar-refractivity contribution in [2.45, 2.75) is 25.7 Å². The topological polar surface area (TPSA) is 105 Å². The average molecular weight is 355 g/mol. The van der Waals surface area contributed by atoms with Crippen LogP contribution in [-0.4, -0.2) is 27.1 Å². The van der Waals surface area contributed by atoms with Crippen LogP contribution in [0.15, 0.2) is 28.8 Å². The van der Waals surface area contributed by atoms with Crippen LogP contribution in [-0.2, 0) is 0 Å². The summed E-state index contributed by atoms with van der Waals surface area (Å²) in [4.78, 5) is 28.1. The first-order valence-electron chi connectivity index (χ1n) is 8.05. The van der Waals surface area contributed by atoms with Crippen molar-refractivity contribution >= 4 is 28.7 Å². The third-order valence-electron chi connectivity index (χ3n) is 4.33. The molecule has 4 rings (SSSR count). The second-order valence-electron chi connectivity index (χ2n) is 6.27. The number of nitrogens with one attached hydrogen (secondary N) is 1. The van der Waals surface area contributed by atoms with Crippen molar-refractivity contribution in [2.24, 2.45) is 0 Å². The van der Waals surface area contributed by atoms with Gasteiger partial charge in [0.25, 0.3) is 11.6 Å². The number of carboxylic acid groups (broad SMARTS) is 1. The van der Waals surface area contributed by atoms with Crippen LogP contribution in [0.1, 0.15) is 50.9 Å². The molecule has 0 radical (unpaired) electrons. The van der Waals surface area contributed by atoms with Crippen LogP contribution >= 0.6 is 0 Å². The molecule has 26 heavy (non-hydrogen) atoms. The minimum atomic E-state index is -1.37. The Morgan fingerprint density at radius 1 is 1.27 bits per heavy atom. The van der Waals surface area contributed by atoms with Crippen LogP contribution in [0.25, 0.3) is 11.1 Å². The molecule has 0 saturated heterocycles. The molecule has 0 unspecified atom stereocenters. The molecule has 0 atom stereocenters. The number of anilines is 1. The predicted octanol–water partition coefficient (Wildman–Crippen LogP) is 3.50. The minimum absolute atomic E-state index is 0.157. The summed E-state index contributed by atoms with van der Waals surface area (Å²) >= 11 is 0. The van der Waals surface area contributed by atoms with Crippen LogP contribution in [0.5, 0.6) is 0 Å². The number of pyridine rings is 1. The number of aromatic carboxylic acids is 1. The summed E-state index contributed by atoms with van der Waals surface area (Å²) in [5.41, 5.74) is 1.64. The number of aryl methyl sites for hydroxylation is 1. The molecule has 0 bridgehead atoms. The molecule has 1 aliphatic carbocycles. The van der Waals surface area contributed by atoms with Crippen LogP contribution in [0.2, 0.25) is 0 Å². The zero-order valence-electron chi connectivity index (χ0n) is 13.7. The van der Waals surface area contributed by atoms with Crippen molar-refractivity contribution in [2.75, 3.05) is 5.32 Å². The summed E-state index contributed by atoms with van der Waals surface area (Å²) in [5, 5.41) is 15.8. The maximum absolute atomic E-state index is 13.8. The van der Waals surface area contributed by atoms with Gasteiger partial charge in [0.1, 0.15) is 5.82 Å². The number of benzene rings is 1. The number of carbonyl (C=O) groups is 2. The molecule has 7 nitrogen and oxygen atoms in total. The number of halogens is 1. The highest BCUT2D eigenvalue weighted by atomic mass is 19.1. The van der Waals surface area contributed by atoms with E-state index in [1.165, 1.54) is 6.07 Å². The van der Waals surface area contributed by atoms with Gasteiger partial charge in [-0.2, -0.15) is 0 Å². The van der Waals surface area contributed by atoms with Gasteiger partial charge in [-0.3, -0.25) is 4.79 Å². The Kier molecular flexibility index (Phi) is 3.68. The third kappa shape index (κ3) is 2.79. The number of hydrogen-bond acceptors (Lipinski definition) is 5. The lowest BCUT2D eigenvalue weighted by atomic mass is 10.1. The quantitative estimate of drug-likeness (QED) is 0.742. The first-order chi connectivity index (χ1) is 12.4. The van der Waals surface area contributed by atoms with Gasteiger partial charge in [0.05, 0.1) is 22.2 Å². The number of amides is 1. The number of carboxylic acids is 1. The predicted molar refractivity (Wildman–Crippen MR) is 89.8 cm³/mol. The fraction of sp³-hybridized carbons (Fsp3) is 0.222. The summed E-state index contributed by atoms with van der Waals surface area (Å²) in [6.45, 7) is 1.71. The Bertz CT molecular complexity index is 1060. The second kappa shape index (κ2) is 5.91. The minimum Gasteiger partial charge on any atom is -0.478 e. The fourth-order valence-electron chi connectivity index (χ4n) is 2.85. The van der Waals surface area contributed by atoms with Crippen molar-refractivity contribution in [3.63, 3.8) is 0 Å². The smallest absolute Gasteiger partial charge is 0.338 e. The molecule has 1 fully saturated rings. The average Bonchev–Trinajstić information content (AvgIpc) is 3.38. The number of fused-ring (bicyclic) bond motifs is 1. The molecule has 2 heterocycles. The molecule has 1 aliphatic rings. The van der Waals surface area contributed by atoms with E-state index in [9.17, 15) is 14.0 Å².